The molecule has 0 aromatic heterocycles. The molecule has 3 nitrogen and oxygen atoms in total. The van der Waals surface area contributed by atoms with Crippen LogP contribution in [-0.2, 0) is 11.2 Å². The fourth-order valence-corrected chi connectivity index (χ4v) is 2.24. The van der Waals surface area contributed by atoms with Crippen LogP contribution in [-0.4, -0.2) is 32.9 Å². The summed E-state index contributed by atoms with van der Waals surface area (Å²) < 4.78 is 10.8. The number of nitrogens with one attached hydrogen (secondary N) is 1. The summed E-state index contributed by atoms with van der Waals surface area (Å²) in [6, 6.07) is 8.90. The Bertz CT molecular complexity index is 337. The second-order valence-electron chi connectivity index (χ2n) is 5.04. The Morgan fingerprint density at radius 2 is 1.80 bits per heavy atom. The van der Waals surface area contributed by atoms with Crippen molar-refractivity contribution in [3.05, 3.63) is 29.8 Å². The standard InChI is InChI=1S/C17H29NO2/c1-4-13-20-14-12-16(18-5-2)9-6-15-7-10-17(19-3)11-8-15/h7-8,10-11,16,18H,4-6,9,12-14H2,1-3H3. The zero-order valence-corrected chi connectivity index (χ0v) is 13.2. The van der Waals surface area contributed by atoms with Crippen LogP contribution in [0, 0.1) is 0 Å². The summed E-state index contributed by atoms with van der Waals surface area (Å²) in [7, 11) is 1.70. The maximum Gasteiger partial charge on any atom is 0.118 e. The average molecular weight is 279 g/mol. The number of hydrogen-bond acceptors (Lipinski definition) is 3. The van der Waals surface area contributed by atoms with Crippen LogP contribution in [0.15, 0.2) is 24.3 Å². The van der Waals surface area contributed by atoms with E-state index in [0.29, 0.717) is 6.04 Å². The molecule has 1 unspecified atom stereocenters. The number of methoxy groups -OCH3 is 1. The van der Waals surface area contributed by atoms with Crippen LogP contribution >= 0.6 is 0 Å². The first-order chi connectivity index (χ1) is 9.80. The number of hydrogen-bond donors (Lipinski definition) is 1. The van der Waals surface area contributed by atoms with Gasteiger partial charge in [-0.3, -0.25) is 0 Å². The highest BCUT2D eigenvalue weighted by molar-refractivity contribution is 5.27. The SMILES string of the molecule is CCCOCCC(CCc1ccc(OC)cc1)NCC. The third-order valence-corrected chi connectivity index (χ3v) is 3.39. The zero-order valence-electron chi connectivity index (χ0n) is 13.2. The Labute approximate surface area is 123 Å². The van der Waals surface area contributed by atoms with Crippen molar-refractivity contribution in [2.75, 3.05) is 26.9 Å². The molecule has 0 bridgehead atoms. The van der Waals surface area contributed by atoms with Gasteiger partial charge in [0.25, 0.3) is 0 Å². The largest absolute Gasteiger partial charge is 0.497 e. The van der Waals surface area contributed by atoms with Gasteiger partial charge in [-0.15, -0.1) is 0 Å². The van der Waals surface area contributed by atoms with Gasteiger partial charge in [0.2, 0.25) is 0 Å². The third-order valence-electron chi connectivity index (χ3n) is 3.39. The lowest BCUT2D eigenvalue weighted by Gasteiger charge is -2.18. The van der Waals surface area contributed by atoms with Gasteiger partial charge in [-0.05, 0) is 49.9 Å². The van der Waals surface area contributed by atoms with Crippen LogP contribution in [0.3, 0.4) is 0 Å². The Morgan fingerprint density at radius 1 is 1.05 bits per heavy atom. The molecular weight excluding hydrogens is 250 g/mol. The summed E-state index contributed by atoms with van der Waals surface area (Å²) in [5.74, 6) is 0.921. The first kappa shape index (κ1) is 17.0. The Balaban J connectivity index is 2.32. The predicted molar refractivity (Wildman–Crippen MR) is 84.5 cm³/mol. The van der Waals surface area contributed by atoms with E-state index in [9.17, 15) is 0 Å². The van der Waals surface area contributed by atoms with Crippen LogP contribution in [0.25, 0.3) is 0 Å². The molecule has 1 aromatic carbocycles. The van der Waals surface area contributed by atoms with E-state index in [-0.39, 0.29) is 0 Å². The minimum atomic E-state index is 0.541. The maximum atomic E-state index is 5.59. The molecule has 0 aliphatic carbocycles. The van der Waals surface area contributed by atoms with Gasteiger partial charge in [-0.2, -0.15) is 0 Å². The molecular formula is C17H29NO2. The fourth-order valence-electron chi connectivity index (χ4n) is 2.24. The summed E-state index contributed by atoms with van der Waals surface area (Å²) in [5, 5.41) is 3.55. The molecule has 0 saturated heterocycles. The second kappa shape index (κ2) is 10.7. The molecule has 1 atom stereocenters. The summed E-state index contributed by atoms with van der Waals surface area (Å²) >= 11 is 0. The highest BCUT2D eigenvalue weighted by Crippen LogP contribution is 2.14. The fraction of sp³-hybridized carbons (Fsp3) is 0.647. The zero-order chi connectivity index (χ0) is 14.6. The summed E-state index contributed by atoms with van der Waals surface area (Å²) in [5.41, 5.74) is 1.36. The van der Waals surface area contributed by atoms with Gasteiger partial charge in [0.1, 0.15) is 5.75 Å². The molecule has 0 spiro atoms. The van der Waals surface area contributed by atoms with Crippen molar-refractivity contribution in [3.63, 3.8) is 0 Å². The van der Waals surface area contributed by atoms with Gasteiger partial charge < -0.3 is 14.8 Å². The van der Waals surface area contributed by atoms with E-state index in [1.54, 1.807) is 7.11 Å². The van der Waals surface area contributed by atoms with Crippen molar-refractivity contribution < 1.29 is 9.47 Å². The molecule has 1 aromatic rings. The smallest absolute Gasteiger partial charge is 0.118 e. The van der Waals surface area contributed by atoms with E-state index in [1.165, 1.54) is 5.56 Å². The van der Waals surface area contributed by atoms with Gasteiger partial charge in [0.15, 0.2) is 0 Å². The predicted octanol–water partition coefficient (Wildman–Crippen LogP) is 3.42. The topological polar surface area (TPSA) is 30.5 Å². The highest BCUT2D eigenvalue weighted by Gasteiger charge is 2.07. The van der Waals surface area contributed by atoms with Crippen LogP contribution in [0.2, 0.25) is 0 Å². The van der Waals surface area contributed by atoms with Crippen LogP contribution in [0.4, 0.5) is 0 Å². The summed E-state index contributed by atoms with van der Waals surface area (Å²) in [6.07, 6.45) is 4.42. The van der Waals surface area contributed by atoms with E-state index < -0.39 is 0 Å². The Morgan fingerprint density at radius 3 is 2.40 bits per heavy atom. The van der Waals surface area contributed by atoms with Gasteiger partial charge in [0.05, 0.1) is 7.11 Å². The lowest BCUT2D eigenvalue weighted by molar-refractivity contribution is 0.124. The molecule has 20 heavy (non-hydrogen) atoms. The first-order valence-corrected chi connectivity index (χ1v) is 7.74. The molecule has 114 valence electrons. The van der Waals surface area contributed by atoms with Crippen LogP contribution in [0.1, 0.15) is 38.7 Å². The van der Waals surface area contributed by atoms with E-state index in [2.05, 4.69) is 31.3 Å². The van der Waals surface area contributed by atoms with Crippen molar-refractivity contribution in [3.8, 4) is 5.75 Å². The highest BCUT2D eigenvalue weighted by atomic mass is 16.5. The molecule has 0 aliphatic rings. The van der Waals surface area contributed by atoms with Gasteiger partial charge in [-0.25, -0.2) is 0 Å². The molecule has 1 rings (SSSR count). The number of ether oxygens (including phenoxy) is 2. The van der Waals surface area contributed by atoms with Crippen molar-refractivity contribution in [1.29, 1.82) is 0 Å². The lowest BCUT2D eigenvalue weighted by atomic mass is 10.0. The van der Waals surface area contributed by atoms with Crippen molar-refractivity contribution in [2.24, 2.45) is 0 Å². The van der Waals surface area contributed by atoms with Crippen molar-refractivity contribution in [2.45, 2.75) is 45.6 Å². The van der Waals surface area contributed by atoms with Gasteiger partial charge >= 0.3 is 0 Å². The molecule has 1 N–H and O–H groups in total. The lowest BCUT2D eigenvalue weighted by Crippen LogP contribution is -2.30. The minimum Gasteiger partial charge on any atom is -0.497 e. The first-order valence-electron chi connectivity index (χ1n) is 7.74. The molecule has 0 amide bonds. The summed E-state index contributed by atoms with van der Waals surface area (Å²) in [4.78, 5) is 0. The van der Waals surface area contributed by atoms with Crippen LogP contribution in [0.5, 0.6) is 5.75 Å². The molecule has 0 fully saturated rings. The number of benzene rings is 1. The van der Waals surface area contributed by atoms with Gasteiger partial charge in [0, 0.05) is 19.3 Å². The van der Waals surface area contributed by atoms with E-state index in [4.69, 9.17) is 9.47 Å². The quantitative estimate of drug-likeness (QED) is 0.630. The molecule has 0 radical (unpaired) electrons. The Kier molecular flexibility index (Phi) is 9.09. The monoisotopic (exact) mass is 279 g/mol. The van der Waals surface area contributed by atoms with Crippen LogP contribution < -0.4 is 10.1 Å². The maximum absolute atomic E-state index is 5.59. The number of rotatable bonds is 11. The molecule has 0 aliphatic heterocycles. The van der Waals surface area contributed by atoms with E-state index >= 15 is 0 Å². The van der Waals surface area contributed by atoms with Crippen molar-refractivity contribution in [1.82, 2.24) is 5.32 Å². The Hall–Kier alpha value is -1.06. The average Bonchev–Trinajstić information content (AvgIpc) is 2.49. The third kappa shape index (κ3) is 6.92. The summed E-state index contributed by atoms with van der Waals surface area (Å²) in [6.45, 7) is 7.05. The molecule has 0 saturated carbocycles. The second-order valence-corrected chi connectivity index (χ2v) is 5.04. The number of aryl methyl sites for hydroxylation is 1. The van der Waals surface area contributed by atoms with E-state index in [0.717, 1.165) is 51.2 Å². The molecule has 3 heteroatoms. The van der Waals surface area contributed by atoms with Crippen molar-refractivity contribution >= 4 is 0 Å². The normalized spacial score (nSPS) is 12.3. The van der Waals surface area contributed by atoms with E-state index in [1.807, 2.05) is 12.1 Å². The van der Waals surface area contributed by atoms with Gasteiger partial charge in [-0.1, -0.05) is 26.0 Å². The minimum absolute atomic E-state index is 0.541. The molecule has 0 heterocycles.